The van der Waals surface area contributed by atoms with Crippen molar-refractivity contribution >= 4 is 11.9 Å². The minimum absolute atomic E-state index is 0.0284. The van der Waals surface area contributed by atoms with Crippen LogP contribution < -0.4 is 16.2 Å². The van der Waals surface area contributed by atoms with Gasteiger partial charge in [-0.2, -0.15) is 0 Å². The summed E-state index contributed by atoms with van der Waals surface area (Å²) in [7, 11) is 0. The van der Waals surface area contributed by atoms with Crippen molar-refractivity contribution in [2.75, 3.05) is 19.6 Å². The van der Waals surface area contributed by atoms with Crippen LogP contribution >= 0.6 is 0 Å². The first kappa shape index (κ1) is 21.2. The summed E-state index contributed by atoms with van der Waals surface area (Å²) in [5, 5.41) is 5.88. The number of rotatable bonds is 6. The molecule has 0 unspecified atom stereocenters. The van der Waals surface area contributed by atoms with Gasteiger partial charge in [-0.3, -0.25) is 9.59 Å². The normalized spacial score (nSPS) is 20.5. The molecule has 3 atom stereocenters. The molecule has 1 aromatic heterocycles. The van der Waals surface area contributed by atoms with E-state index in [1.807, 2.05) is 52.8 Å². The number of nitrogens with one attached hydrogen (secondary N) is 2. The predicted molar refractivity (Wildman–Crippen MR) is 119 cm³/mol. The lowest BCUT2D eigenvalue weighted by molar-refractivity contribution is -0.122. The molecule has 2 aliphatic heterocycles. The molecule has 0 saturated carbocycles. The molecule has 0 aliphatic carbocycles. The molecule has 1 aromatic carbocycles. The average molecular weight is 423 g/mol. The van der Waals surface area contributed by atoms with E-state index >= 15 is 0 Å². The SMILES string of the molecule is CCCNC(=O)[C@H](Cc1ccccc1)NC(=O)N1C[C@@H]2C[C@H](C1)c1cccc(=O)n1C2. The maximum Gasteiger partial charge on any atom is 0.318 e. The Morgan fingerprint density at radius 2 is 1.87 bits per heavy atom. The van der Waals surface area contributed by atoms with Gasteiger partial charge < -0.3 is 20.1 Å². The average Bonchev–Trinajstić information content (AvgIpc) is 2.78. The lowest BCUT2D eigenvalue weighted by atomic mass is 9.83. The van der Waals surface area contributed by atoms with Crippen molar-refractivity contribution in [2.45, 2.75) is 44.7 Å². The molecule has 1 fully saturated rings. The van der Waals surface area contributed by atoms with Gasteiger partial charge in [0.15, 0.2) is 0 Å². The second-order valence-electron chi connectivity index (χ2n) is 8.59. The molecular formula is C24H30N4O3. The van der Waals surface area contributed by atoms with Gasteiger partial charge in [0.05, 0.1) is 0 Å². The van der Waals surface area contributed by atoms with Crippen LogP contribution in [0.2, 0.25) is 0 Å². The number of piperidine rings is 1. The standard InChI is InChI=1S/C24H30N4O3/c1-2-11-25-23(30)20(13-17-7-4-3-5-8-17)26-24(31)27-14-18-12-19(16-27)21-9-6-10-22(29)28(21)15-18/h3-10,18-20H,2,11-16H2,1H3,(H,25,30)(H,26,31)/t18-,19+,20-/m0/s1. The van der Waals surface area contributed by atoms with Crippen molar-refractivity contribution in [3.05, 3.63) is 70.1 Å². The highest BCUT2D eigenvalue weighted by atomic mass is 16.2. The Bertz CT molecular complexity index is 988. The van der Waals surface area contributed by atoms with Crippen LogP contribution in [0.5, 0.6) is 0 Å². The zero-order valence-electron chi connectivity index (χ0n) is 17.9. The lowest BCUT2D eigenvalue weighted by Gasteiger charge is -2.43. The number of carbonyl (C=O) groups is 2. The molecule has 2 N–H and O–H groups in total. The summed E-state index contributed by atoms with van der Waals surface area (Å²) >= 11 is 0. The van der Waals surface area contributed by atoms with E-state index in [1.54, 1.807) is 12.1 Å². The summed E-state index contributed by atoms with van der Waals surface area (Å²) in [4.78, 5) is 39.9. The Labute approximate surface area is 182 Å². The molecule has 2 aliphatic rings. The highest BCUT2D eigenvalue weighted by Crippen LogP contribution is 2.34. The third-order valence-electron chi connectivity index (χ3n) is 6.21. The van der Waals surface area contributed by atoms with E-state index < -0.39 is 6.04 Å². The van der Waals surface area contributed by atoms with Crippen LogP contribution in [0.1, 0.15) is 36.9 Å². The smallest absolute Gasteiger partial charge is 0.318 e. The Morgan fingerprint density at radius 3 is 2.65 bits per heavy atom. The molecule has 2 bridgehead atoms. The van der Waals surface area contributed by atoms with E-state index in [-0.39, 0.29) is 29.3 Å². The third-order valence-corrected chi connectivity index (χ3v) is 6.21. The van der Waals surface area contributed by atoms with Crippen molar-refractivity contribution in [2.24, 2.45) is 5.92 Å². The number of amides is 3. The van der Waals surface area contributed by atoms with Crippen LogP contribution in [0.25, 0.3) is 0 Å². The van der Waals surface area contributed by atoms with Crippen LogP contribution in [-0.2, 0) is 17.8 Å². The van der Waals surface area contributed by atoms with Crippen molar-refractivity contribution in [1.29, 1.82) is 0 Å². The number of fused-ring (bicyclic) bond motifs is 4. The molecule has 3 amide bonds. The maximum absolute atomic E-state index is 13.2. The summed E-state index contributed by atoms with van der Waals surface area (Å²) in [5.74, 6) is 0.236. The molecular weight excluding hydrogens is 392 g/mol. The van der Waals surface area contributed by atoms with Crippen molar-refractivity contribution in [3.63, 3.8) is 0 Å². The lowest BCUT2D eigenvalue weighted by Crippen LogP contribution is -2.56. The fourth-order valence-electron chi connectivity index (χ4n) is 4.73. The van der Waals surface area contributed by atoms with Crippen LogP contribution in [-0.4, -0.2) is 47.1 Å². The van der Waals surface area contributed by atoms with Gasteiger partial charge in [0.2, 0.25) is 5.91 Å². The van der Waals surface area contributed by atoms with Gasteiger partial charge in [-0.25, -0.2) is 4.79 Å². The second-order valence-corrected chi connectivity index (χ2v) is 8.59. The van der Waals surface area contributed by atoms with Crippen LogP contribution in [0, 0.1) is 5.92 Å². The Kier molecular flexibility index (Phi) is 6.39. The molecule has 4 rings (SSSR count). The third kappa shape index (κ3) is 4.81. The summed E-state index contributed by atoms with van der Waals surface area (Å²) in [6, 6.07) is 14.3. The summed E-state index contributed by atoms with van der Waals surface area (Å²) < 4.78 is 1.85. The molecule has 0 radical (unpaired) electrons. The van der Waals surface area contributed by atoms with Crippen molar-refractivity contribution in [3.8, 4) is 0 Å². The Morgan fingerprint density at radius 1 is 1.06 bits per heavy atom. The molecule has 7 heteroatoms. The monoisotopic (exact) mass is 422 g/mol. The quantitative estimate of drug-likeness (QED) is 0.748. The first-order valence-corrected chi connectivity index (χ1v) is 11.1. The van der Waals surface area contributed by atoms with Gasteiger partial charge in [-0.15, -0.1) is 0 Å². The minimum Gasteiger partial charge on any atom is -0.354 e. The largest absolute Gasteiger partial charge is 0.354 e. The van der Waals surface area contributed by atoms with Gasteiger partial charge in [-0.1, -0.05) is 43.3 Å². The van der Waals surface area contributed by atoms with Crippen molar-refractivity contribution < 1.29 is 9.59 Å². The van der Waals surface area contributed by atoms with E-state index in [4.69, 9.17) is 0 Å². The highest BCUT2D eigenvalue weighted by molar-refractivity contribution is 5.87. The predicted octanol–water partition coefficient (Wildman–Crippen LogP) is 2.11. The van der Waals surface area contributed by atoms with Crippen LogP contribution in [0.3, 0.4) is 0 Å². The fraction of sp³-hybridized carbons (Fsp3) is 0.458. The summed E-state index contributed by atoms with van der Waals surface area (Å²) in [5.41, 5.74) is 2.03. The molecule has 3 heterocycles. The number of urea groups is 1. The topological polar surface area (TPSA) is 83.4 Å². The van der Waals surface area contributed by atoms with E-state index in [2.05, 4.69) is 10.6 Å². The highest BCUT2D eigenvalue weighted by Gasteiger charge is 2.37. The molecule has 1 saturated heterocycles. The number of pyridine rings is 1. The second kappa shape index (κ2) is 9.37. The van der Waals surface area contributed by atoms with Gasteiger partial charge in [-0.05, 0) is 30.4 Å². The van der Waals surface area contributed by atoms with Crippen LogP contribution in [0.15, 0.2) is 53.3 Å². The number of benzene rings is 1. The molecule has 0 spiro atoms. The first-order chi connectivity index (χ1) is 15.0. The van der Waals surface area contributed by atoms with Gasteiger partial charge >= 0.3 is 6.03 Å². The number of aromatic nitrogens is 1. The number of hydrogen-bond acceptors (Lipinski definition) is 3. The molecule has 31 heavy (non-hydrogen) atoms. The minimum atomic E-state index is -0.627. The number of nitrogens with zero attached hydrogens (tertiary/aromatic N) is 2. The van der Waals surface area contributed by atoms with Crippen LogP contribution in [0.4, 0.5) is 4.79 Å². The fourth-order valence-corrected chi connectivity index (χ4v) is 4.73. The Hall–Kier alpha value is -3.09. The number of carbonyl (C=O) groups excluding carboxylic acids is 2. The van der Waals surface area contributed by atoms with Gasteiger partial charge in [0, 0.05) is 50.3 Å². The van der Waals surface area contributed by atoms with E-state index in [1.165, 1.54) is 0 Å². The zero-order chi connectivity index (χ0) is 21.8. The number of hydrogen-bond donors (Lipinski definition) is 2. The molecule has 2 aromatic rings. The van der Waals surface area contributed by atoms with Gasteiger partial charge in [0.25, 0.3) is 5.56 Å². The van der Waals surface area contributed by atoms with E-state index in [0.717, 1.165) is 24.1 Å². The molecule has 7 nitrogen and oxygen atoms in total. The van der Waals surface area contributed by atoms with Gasteiger partial charge in [0.1, 0.15) is 6.04 Å². The number of likely N-dealkylation sites (tertiary alicyclic amines) is 1. The molecule has 164 valence electrons. The zero-order valence-corrected chi connectivity index (χ0v) is 17.9. The Balaban J connectivity index is 1.47. The van der Waals surface area contributed by atoms with E-state index in [9.17, 15) is 14.4 Å². The van der Waals surface area contributed by atoms with E-state index in [0.29, 0.717) is 32.6 Å². The maximum atomic E-state index is 13.2. The summed E-state index contributed by atoms with van der Waals surface area (Å²) in [6.07, 6.45) is 2.27. The van der Waals surface area contributed by atoms with Crippen molar-refractivity contribution in [1.82, 2.24) is 20.1 Å². The summed E-state index contributed by atoms with van der Waals surface area (Å²) in [6.45, 7) is 4.37. The first-order valence-electron chi connectivity index (χ1n) is 11.1.